The van der Waals surface area contributed by atoms with Crippen LogP contribution in [0.1, 0.15) is 57.8 Å². The van der Waals surface area contributed by atoms with Gasteiger partial charge in [0.15, 0.2) is 0 Å². The Bertz CT molecular complexity index is 581. The van der Waals surface area contributed by atoms with Gasteiger partial charge in [-0.2, -0.15) is 0 Å². The number of esters is 1. The number of methoxy groups -OCH3 is 1. The number of unbranched alkanes of at least 4 members (excludes halogenated alkanes) is 1. The molecule has 1 aromatic rings. The zero-order valence-electron chi connectivity index (χ0n) is 15.5. The van der Waals surface area contributed by atoms with Crippen molar-refractivity contribution in [2.24, 2.45) is 0 Å². The molecule has 0 aliphatic carbocycles. The lowest BCUT2D eigenvalue weighted by molar-refractivity contribution is 0.00578. The van der Waals surface area contributed by atoms with E-state index in [0.29, 0.717) is 17.9 Å². The number of carbonyl (C=O) groups excluding carboxylic acids is 1. The minimum absolute atomic E-state index is 0.409. The molecule has 5 nitrogen and oxygen atoms in total. The SMILES string of the molecule is CCCCOc1cc(B2OC(C)(C)C(C)(C)O2)cc(C(=O)OC)c1. The van der Waals surface area contributed by atoms with E-state index >= 15 is 0 Å². The van der Waals surface area contributed by atoms with Crippen LogP contribution in [0.5, 0.6) is 5.75 Å². The molecule has 0 unspecified atom stereocenters. The van der Waals surface area contributed by atoms with Gasteiger partial charge in [0.05, 0.1) is 30.5 Å². The molecule has 0 amide bonds. The van der Waals surface area contributed by atoms with E-state index in [1.54, 1.807) is 12.1 Å². The maximum Gasteiger partial charge on any atom is 0.494 e. The Hall–Kier alpha value is -1.53. The van der Waals surface area contributed by atoms with E-state index in [-0.39, 0.29) is 0 Å². The van der Waals surface area contributed by atoms with Crippen molar-refractivity contribution >= 4 is 18.6 Å². The average molecular weight is 334 g/mol. The van der Waals surface area contributed by atoms with Crippen molar-refractivity contribution in [3.05, 3.63) is 23.8 Å². The van der Waals surface area contributed by atoms with E-state index in [1.807, 2.05) is 33.8 Å². The molecule has 1 saturated heterocycles. The third-order valence-corrected chi connectivity index (χ3v) is 4.64. The number of carbonyl (C=O) groups is 1. The first-order valence-electron chi connectivity index (χ1n) is 8.42. The van der Waals surface area contributed by atoms with Crippen molar-refractivity contribution in [1.82, 2.24) is 0 Å². The second kappa shape index (κ2) is 7.15. The van der Waals surface area contributed by atoms with E-state index in [1.165, 1.54) is 7.11 Å². The van der Waals surface area contributed by atoms with E-state index in [9.17, 15) is 4.79 Å². The van der Waals surface area contributed by atoms with Crippen LogP contribution >= 0.6 is 0 Å². The second-order valence-electron chi connectivity index (χ2n) is 7.07. The van der Waals surface area contributed by atoms with Gasteiger partial charge in [-0.05, 0) is 57.8 Å². The average Bonchev–Trinajstić information content (AvgIpc) is 2.74. The molecule has 24 heavy (non-hydrogen) atoms. The van der Waals surface area contributed by atoms with Crippen molar-refractivity contribution in [2.75, 3.05) is 13.7 Å². The third-order valence-electron chi connectivity index (χ3n) is 4.64. The lowest BCUT2D eigenvalue weighted by Crippen LogP contribution is -2.41. The lowest BCUT2D eigenvalue weighted by atomic mass is 9.78. The van der Waals surface area contributed by atoms with Gasteiger partial charge < -0.3 is 18.8 Å². The molecule has 6 heteroatoms. The predicted octanol–water partition coefficient (Wildman–Crippen LogP) is 2.95. The van der Waals surface area contributed by atoms with Gasteiger partial charge in [-0.15, -0.1) is 0 Å². The third kappa shape index (κ3) is 3.93. The summed E-state index contributed by atoms with van der Waals surface area (Å²) in [7, 11) is 0.814. The summed E-state index contributed by atoms with van der Waals surface area (Å²) in [6.45, 7) is 10.7. The van der Waals surface area contributed by atoms with E-state index < -0.39 is 24.3 Å². The summed E-state index contributed by atoms with van der Waals surface area (Å²) < 4.78 is 22.7. The highest BCUT2D eigenvalue weighted by atomic mass is 16.7. The molecule has 1 fully saturated rings. The van der Waals surface area contributed by atoms with Crippen molar-refractivity contribution in [3.8, 4) is 5.75 Å². The van der Waals surface area contributed by atoms with Crippen LogP contribution < -0.4 is 10.2 Å². The van der Waals surface area contributed by atoms with Crippen LogP contribution in [0, 0.1) is 0 Å². The first-order chi connectivity index (χ1) is 11.2. The van der Waals surface area contributed by atoms with Crippen molar-refractivity contribution in [1.29, 1.82) is 0 Å². The first-order valence-corrected chi connectivity index (χ1v) is 8.42. The van der Waals surface area contributed by atoms with Gasteiger partial charge in [-0.3, -0.25) is 0 Å². The molecule has 0 radical (unpaired) electrons. The van der Waals surface area contributed by atoms with Gasteiger partial charge in [-0.1, -0.05) is 13.3 Å². The summed E-state index contributed by atoms with van der Waals surface area (Å²) in [5.41, 5.74) is 0.295. The van der Waals surface area contributed by atoms with Gasteiger partial charge in [0.25, 0.3) is 0 Å². The first kappa shape index (κ1) is 18.8. The zero-order chi connectivity index (χ0) is 18.0. The number of rotatable bonds is 6. The highest BCUT2D eigenvalue weighted by Gasteiger charge is 2.51. The van der Waals surface area contributed by atoms with E-state index in [4.69, 9.17) is 18.8 Å². The van der Waals surface area contributed by atoms with Crippen LogP contribution in [0.4, 0.5) is 0 Å². The van der Waals surface area contributed by atoms with Crippen LogP contribution in [0.15, 0.2) is 18.2 Å². The van der Waals surface area contributed by atoms with Gasteiger partial charge in [0.1, 0.15) is 5.75 Å². The standard InChI is InChI=1S/C18H27BO5/c1-7-8-9-22-15-11-13(16(20)21-6)10-14(12-15)19-23-17(2,3)18(4,5)24-19/h10-12H,7-9H2,1-6H3. The number of hydrogen-bond acceptors (Lipinski definition) is 5. The molecule has 1 aliphatic heterocycles. The summed E-state index contributed by atoms with van der Waals surface area (Å²) in [4.78, 5) is 12.0. The molecule has 1 aliphatic rings. The normalized spacial score (nSPS) is 18.5. The monoisotopic (exact) mass is 334 g/mol. The van der Waals surface area contributed by atoms with Crippen LogP contribution in [-0.2, 0) is 14.0 Å². The van der Waals surface area contributed by atoms with Gasteiger partial charge >= 0.3 is 13.1 Å². The Morgan fingerprint density at radius 2 is 1.75 bits per heavy atom. The van der Waals surface area contributed by atoms with Gasteiger partial charge in [0, 0.05) is 0 Å². The zero-order valence-corrected chi connectivity index (χ0v) is 15.5. The Morgan fingerprint density at radius 3 is 2.29 bits per heavy atom. The Kier molecular flexibility index (Phi) is 5.61. The lowest BCUT2D eigenvalue weighted by Gasteiger charge is -2.32. The largest absolute Gasteiger partial charge is 0.494 e. The summed E-state index contributed by atoms with van der Waals surface area (Å²) in [5, 5.41) is 0. The highest BCUT2D eigenvalue weighted by Crippen LogP contribution is 2.36. The molecule has 0 N–H and O–H groups in total. The maximum absolute atomic E-state index is 12.0. The van der Waals surface area contributed by atoms with E-state index in [0.717, 1.165) is 18.3 Å². The molecule has 0 spiro atoms. The predicted molar refractivity (Wildman–Crippen MR) is 93.9 cm³/mol. The molecule has 1 aromatic carbocycles. The van der Waals surface area contributed by atoms with Crippen molar-refractivity contribution in [2.45, 2.75) is 58.7 Å². The summed E-state index contributed by atoms with van der Waals surface area (Å²) in [5.74, 6) is 0.213. The van der Waals surface area contributed by atoms with Crippen LogP contribution in [0.2, 0.25) is 0 Å². The summed E-state index contributed by atoms with van der Waals surface area (Å²) >= 11 is 0. The minimum Gasteiger partial charge on any atom is -0.494 e. The second-order valence-corrected chi connectivity index (χ2v) is 7.07. The Labute approximate surface area is 144 Å². The molecule has 1 heterocycles. The summed E-state index contributed by atoms with van der Waals surface area (Å²) in [6, 6.07) is 5.29. The molecule has 132 valence electrons. The number of benzene rings is 1. The summed E-state index contributed by atoms with van der Waals surface area (Å²) in [6.07, 6.45) is 2.00. The van der Waals surface area contributed by atoms with Gasteiger partial charge in [0.2, 0.25) is 0 Å². The topological polar surface area (TPSA) is 54.0 Å². The number of hydrogen-bond donors (Lipinski definition) is 0. The Balaban J connectivity index is 2.31. The van der Waals surface area contributed by atoms with Crippen LogP contribution in [-0.4, -0.2) is 38.0 Å². The minimum atomic E-state index is -0.548. The highest BCUT2D eigenvalue weighted by molar-refractivity contribution is 6.62. The van der Waals surface area contributed by atoms with Crippen LogP contribution in [0.25, 0.3) is 0 Å². The fourth-order valence-electron chi connectivity index (χ4n) is 2.39. The molecule has 0 atom stereocenters. The smallest absolute Gasteiger partial charge is 0.494 e. The number of ether oxygens (including phenoxy) is 2. The van der Waals surface area contributed by atoms with Gasteiger partial charge in [-0.25, -0.2) is 4.79 Å². The fraction of sp³-hybridized carbons (Fsp3) is 0.611. The maximum atomic E-state index is 12.0. The van der Waals surface area contributed by atoms with E-state index in [2.05, 4.69) is 6.92 Å². The molecular weight excluding hydrogens is 307 g/mol. The fourth-order valence-corrected chi connectivity index (χ4v) is 2.39. The molecular formula is C18H27BO5. The van der Waals surface area contributed by atoms with Crippen molar-refractivity contribution in [3.63, 3.8) is 0 Å². The quantitative estimate of drug-likeness (QED) is 0.455. The molecule has 0 saturated carbocycles. The van der Waals surface area contributed by atoms with Crippen LogP contribution in [0.3, 0.4) is 0 Å². The molecule has 0 aromatic heterocycles. The molecule has 2 rings (SSSR count). The Morgan fingerprint density at radius 1 is 1.12 bits per heavy atom. The molecule has 0 bridgehead atoms. The van der Waals surface area contributed by atoms with Crippen molar-refractivity contribution < 1.29 is 23.6 Å².